The first-order valence-electron chi connectivity index (χ1n) is 5.11. The normalized spacial score (nSPS) is 34.2. The van der Waals surface area contributed by atoms with E-state index in [1.807, 2.05) is 0 Å². The summed E-state index contributed by atoms with van der Waals surface area (Å²) in [6.07, 6.45) is -2.66. The first-order chi connectivity index (χ1) is 7.63. The average molecular weight is 227 g/mol. The predicted octanol–water partition coefficient (Wildman–Crippen LogP) is 0.0964. The Kier molecular flexibility index (Phi) is 3.09. The molecule has 0 aromatic heterocycles. The van der Waals surface area contributed by atoms with E-state index in [0.717, 1.165) is 0 Å². The van der Waals surface area contributed by atoms with Crippen LogP contribution < -0.4 is 5.32 Å². The topological polar surface area (TPSA) is 72.7 Å². The number of aliphatic hydroxyl groups excluding tert-OH is 2. The molecule has 1 aliphatic heterocycles. The Bertz CT molecular complexity index is 357. The molecule has 0 radical (unpaired) electrons. The van der Waals surface area contributed by atoms with Crippen molar-refractivity contribution in [2.75, 3.05) is 6.61 Å². The van der Waals surface area contributed by atoms with Crippen LogP contribution in [-0.4, -0.2) is 40.2 Å². The van der Waals surface area contributed by atoms with Gasteiger partial charge in [0.15, 0.2) is 0 Å². The van der Waals surface area contributed by atoms with E-state index in [1.165, 1.54) is 12.1 Å². The molecule has 4 atom stereocenters. The van der Waals surface area contributed by atoms with Gasteiger partial charge in [-0.25, -0.2) is 4.39 Å². The van der Waals surface area contributed by atoms with E-state index in [-0.39, 0.29) is 12.4 Å². The Morgan fingerprint density at radius 2 is 1.88 bits per heavy atom. The fourth-order valence-electron chi connectivity index (χ4n) is 1.97. The molecule has 4 nitrogen and oxygen atoms in total. The fraction of sp³-hybridized carbons (Fsp3) is 0.455. The molecular formula is C11H14FNO3. The molecule has 0 unspecified atom stereocenters. The number of nitrogens with one attached hydrogen (secondary N) is 1. The summed E-state index contributed by atoms with van der Waals surface area (Å²) >= 11 is 0. The highest BCUT2D eigenvalue weighted by Crippen LogP contribution is 2.30. The van der Waals surface area contributed by atoms with Crippen LogP contribution in [0, 0.1) is 0 Å². The number of phenols is 1. The van der Waals surface area contributed by atoms with Gasteiger partial charge in [0.05, 0.1) is 18.7 Å². The molecule has 1 heterocycles. The Morgan fingerprint density at radius 1 is 1.25 bits per heavy atom. The number of aromatic hydroxyl groups is 1. The number of halogens is 1. The van der Waals surface area contributed by atoms with Crippen molar-refractivity contribution in [2.45, 2.75) is 24.4 Å². The summed E-state index contributed by atoms with van der Waals surface area (Å²) in [6, 6.07) is 4.89. The Balaban J connectivity index is 2.19. The number of aliphatic hydroxyl groups is 2. The molecule has 1 aromatic rings. The quantitative estimate of drug-likeness (QED) is 0.578. The van der Waals surface area contributed by atoms with Crippen LogP contribution >= 0.6 is 0 Å². The standard InChI is InChI=1S/C11H14FNO3/c12-9-8(5-14)13-10(11(9)16)6-1-3-7(15)4-2-6/h1-4,8-11,13-16H,5H2/t8-,9-,10-,11+/m0/s1. The number of phenolic OH excluding ortho intramolecular Hbond substituents is 1. The molecule has 4 N–H and O–H groups in total. The van der Waals surface area contributed by atoms with E-state index in [2.05, 4.69) is 5.32 Å². The zero-order chi connectivity index (χ0) is 11.7. The average Bonchev–Trinajstić information content (AvgIpc) is 2.57. The van der Waals surface area contributed by atoms with E-state index >= 15 is 0 Å². The minimum absolute atomic E-state index is 0.117. The molecule has 5 heteroatoms. The molecule has 1 aliphatic rings. The molecule has 1 aromatic carbocycles. The minimum atomic E-state index is -1.48. The van der Waals surface area contributed by atoms with Crippen molar-refractivity contribution in [3.8, 4) is 5.75 Å². The summed E-state index contributed by atoms with van der Waals surface area (Å²) in [5.41, 5.74) is 0.684. The maximum atomic E-state index is 13.5. The van der Waals surface area contributed by atoms with Crippen LogP contribution in [0.2, 0.25) is 0 Å². The van der Waals surface area contributed by atoms with Crippen molar-refractivity contribution >= 4 is 0 Å². The zero-order valence-corrected chi connectivity index (χ0v) is 8.55. The second-order valence-corrected chi connectivity index (χ2v) is 3.96. The largest absolute Gasteiger partial charge is 0.508 e. The number of alkyl halides is 1. The molecule has 0 aliphatic carbocycles. The van der Waals surface area contributed by atoms with Gasteiger partial charge in [0.25, 0.3) is 0 Å². The summed E-state index contributed by atoms with van der Waals surface area (Å²) < 4.78 is 13.5. The van der Waals surface area contributed by atoms with Crippen molar-refractivity contribution < 1.29 is 19.7 Å². The molecule has 0 saturated carbocycles. The van der Waals surface area contributed by atoms with Gasteiger partial charge in [0.1, 0.15) is 18.0 Å². The van der Waals surface area contributed by atoms with E-state index < -0.39 is 24.4 Å². The van der Waals surface area contributed by atoms with Crippen molar-refractivity contribution in [1.29, 1.82) is 0 Å². The van der Waals surface area contributed by atoms with Crippen molar-refractivity contribution in [2.24, 2.45) is 0 Å². The Labute approximate surface area is 92.3 Å². The molecule has 0 spiro atoms. The summed E-state index contributed by atoms with van der Waals surface area (Å²) in [4.78, 5) is 0. The number of benzene rings is 1. The van der Waals surface area contributed by atoms with Gasteiger partial charge >= 0.3 is 0 Å². The number of rotatable bonds is 2. The molecule has 0 amide bonds. The molecule has 1 fully saturated rings. The molecular weight excluding hydrogens is 213 g/mol. The highest BCUT2D eigenvalue weighted by atomic mass is 19.1. The number of hydrogen-bond donors (Lipinski definition) is 4. The SMILES string of the molecule is OC[C@@H]1N[C@@H](c2ccc(O)cc2)[C@H](O)[C@H]1F. The van der Waals surface area contributed by atoms with E-state index in [0.29, 0.717) is 5.56 Å². The van der Waals surface area contributed by atoms with Gasteiger partial charge in [-0.05, 0) is 17.7 Å². The van der Waals surface area contributed by atoms with Gasteiger partial charge in [0.2, 0.25) is 0 Å². The molecule has 0 bridgehead atoms. The van der Waals surface area contributed by atoms with E-state index in [1.54, 1.807) is 12.1 Å². The fourth-order valence-corrected chi connectivity index (χ4v) is 1.97. The first kappa shape index (κ1) is 11.3. The van der Waals surface area contributed by atoms with Gasteiger partial charge in [-0.1, -0.05) is 12.1 Å². The van der Waals surface area contributed by atoms with Crippen LogP contribution in [0.4, 0.5) is 4.39 Å². The molecule has 88 valence electrons. The second-order valence-electron chi connectivity index (χ2n) is 3.96. The molecule has 1 saturated heterocycles. The smallest absolute Gasteiger partial charge is 0.145 e. The lowest BCUT2D eigenvalue weighted by Gasteiger charge is -2.15. The second kappa shape index (κ2) is 4.37. The third-order valence-corrected chi connectivity index (χ3v) is 2.89. The van der Waals surface area contributed by atoms with E-state index in [4.69, 9.17) is 10.2 Å². The summed E-state index contributed by atoms with van der Waals surface area (Å²) in [5, 5.41) is 30.5. The lowest BCUT2D eigenvalue weighted by Crippen LogP contribution is -2.33. The van der Waals surface area contributed by atoms with Crippen molar-refractivity contribution in [3.63, 3.8) is 0 Å². The first-order valence-corrected chi connectivity index (χ1v) is 5.11. The van der Waals surface area contributed by atoms with Crippen molar-refractivity contribution in [1.82, 2.24) is 5.32 Å². The van der Waals surface area contributed by atoms with Gasteiger partial charge in [-0.3, -0.25) is 5.32 Å². The summed E-state index contributed by atoms with van der Waals surface area (Å²) in [6.45, 7) is -0.354. The van der Waals surface area contributed by atoms with E-state index in [9.17, 15) is 9.50 Å². The van der Waals surface area contributed by atoms with Crippen LogP contribution in [0.1, 0.15) is 11.6 Å². The lowest BCUT2D eigenvalue weighted by molar-refractivity contribution is 0.0760. The Hall–Kier alpha value is -1.17. The highest BCUT2D eigenvalue weighted by Gasteiger charge is 2.42. The van der Waals surface area contributed by atoms with Crippen LogP contribution in [-0.2, 0) is 0 Å². The third kappa shape index (κ3) is 1.89. The van der Waals surface area contributed by atoms with Crippen LogP contribution in [0.5, 0.6) is 5.75 Å². The zero-order valence-electron chi connectivity index (χ0n) is 8.55. The summed E-state index contributed by atoms with van der Waals surface area (Å²) in [5.74, 6) is 0.117. The molecule has 16 heavy (non-hydrogen) atoms. The predicted molar refractivity (Wildman–Crippen MR) is 55.8 cm³/mol. The Morgan fingerprint density at radius 3 is 2.38 bits per heavy atom. The maximum Gasteiger partial charge on any atom is 0.145 e. The van der Waals surface area contributed by atoms with Gasteiger partial charge in [0, 0.05) is 0 Å². The van der Waals surface area contributed by atoms with Crippen molar-refractivity contribution in [3.05, 3.63) is 29.8 Å². The monoisotopic (exact) mass is 227 g/mol. The van der Waals surface area contributed by atoms with Crippen LogP contribution in [0.25, 0.3) is 0 Å². The lowest BCUT2D eigenvalue weighted by atomic mass is 10.0. The van der Waals surface area contributed by atoms with Gasteiger partial charge < -0.3 is 15.3 Å². The highest BCUT2D eigenvalue weighted by molar-refractivity contribution is 5.30. The third-order valence-electron chi connectivity index (χ3n) is 2.89. The van der Waals surface area contributed by atoms with Crippen LogP contribution in [0.15, 0.2) is 24.3 Å². The van der Waals surface area contributed by atoms with Gasteiger partial charge in [-0.2, -0.15) is 0 Å². The summed E-state index contributed by atoms with van der Waals surface area (Å²) in [7, 11) is 0. The number of hydrogen-bond acceptors (Lipinski definition) is 4. The maximum absolute atomic E-state index is 13.5. The van der Waals surface area contributed by atoms with Gasteiger partial charge in [-0.15, -0.1) is 0 Å². The minimum Gasteiger partial charge on any atom is -0.508 e. The molecule has 2 rings (SSSR count). The van der Waals surface area contributed by atoms with Crippen LogP contribution in [0.3, 0.4) is 0 Å².